The third kappa shape index (κ3) is 3.69. The van der Waals surface area contributed by atoms with Crippen molar-refractivity contribution < 1.29 is 14.0 Å². The van der Waals surface area contributed by atoms with Crippen molar-refractivity contribution in [3.63, 3.8) is 0 Å². The first-order valence-corrected chi connectivity index (χ1v) is 9.01. The Bertz CT molecular complexity index is 998. The van der Waals surface area contributed by atoms with Gasteiger partial charge in [-0.25, -0.2) is 4.39 Å². The Kier molecular flexibility index (Phi) is 4.62. The van der Waals surface area contributed by atoms with Crippen LogP contribution in [0.3, 0.4) is 0 Å². The minimum atomic E-state index is -0.480. The predicted octanol–water partition coefficient (Wildman–Crippen LogP) is 3.24. The zero-order valence-electron chi connectivity index (χ0n) is 14.7. The molecule has 2 atom stereocenters. The molecule has 2 amide bonds. The summed E-state index contributed by atoms with van der Waals surface area (Å²) < 4.78 is 13.6. The quantitative estimate of drug-likeness (QED) is 0.627. The lowest BCUT2D eigenvalue weighted by Gasteiger charge is -2.07. The Labute approximate surface area is 156 Å². The molecule has 0 bridgehead atoms. The number of amides is 2. The molecule has 1 heterocycles. The fourth-order valence-electron chi connectivity index (χ4n) is 3.35. The van der Waals surface area contributed by atoms with Crippen LogP contribution in [0.15, 0.2) is 54.7 Å². The SMILES string of the molecule is O=C(NCCc1c[nH]c2ccccc12)C1CC1C(=O)Nc1ccccc1F. The lowest BCUT2D eigenvalue weighted by molar-refractivity contribution is -0.125. The van der Waals surface area contributed by atoms with Gasteiger partial charge in [0, 0.05) is 23.6 Å². The number of carbonyl (C=O) groups excluding carboxylic acids is 2. The summed E-state index contributed by atoms with van der Waals surface area (Å²) in [6.45, 7) is 0.513. The molecule has 1 aromatic heterocycles. The molecule has 3 N–H and O–H groups in total. The monoisotopic (exact) mass is 365 g/mol. The molecule has 2 aromatic carbocycles. The molecule has 0 saturated heterocycles. The number of hydrogen-bond donors (Lipinski definition) is 3. The number of H-pyrrole nitrogens is 1. The van der Waals surface area contributed by atoms with Gasteiger partial charge in [0.2, 0.25) is 11.8 Å². The van der Waals surface area contributed by atoms with E-state index in [4.69, 9.17) is 0 Å². The third-order valence-corrected chi connectivity index (χ3v) is 4.96. The van der Waals surface area contributed by atoms with E-state index in [0.29, 0.717) is 19.4 Å². The molecule has 0 radical (unpaired) electrons. The molecule has 1 fully saturated rings. The molecule has 6 heteroatoms. The van der Waals surface area contributed by atoms with Crippen molar-refractivity contribution in [2.75, 3.05) is 11.9 Å². The van der Waals surface area contributed by atoms with Crippen LogP contribution in [0.4, 0.5) is 10.1 Å². The van der Waals surface area contributed by atoms with Crippen molar-refractivity contribution in [3.05, 3.63) is 66.1 Å². The van der Waals surface area contributed by atoms with Gasteiger partial charge < -0.3 is 15.6 Å². The molecular weight excluding hydrogens is 345 g/mol. The van der Waals surface area contributed by atoms with Crippen molar-refractivity contribution in [1.29, 1.82) is 0 Å². The number of nitrogens with one attached hydrogen (secondary N) is 3. The Balaban J connectivity index is 1.26. The average Bonchev–Trinajstić information content (AvgIpc) is 3.39. The Morgan fingerprint density at radius 3 is 2.63 bits per heavy atom. The number of rotatable bonds is 6. The summed E-state index contributed by atoms with van der Waals surface area (Å²) in [7, 11) is 0. The fourth-order valence-corrected chi connectivity index (χ4v) is 3.35. The maximum Gasteiger partial charge on any atom is 0.228 e. The van der Waals surface area contributed by atoms with Crippen LogP contribution in [-0.2, 0) is 16.0 Å². The maximum absolute atomic E-state index is 13.6. The minimum Gasteiger partial charge on any atom is -0.361 e. The van der Waals surface area contributed by atoms with Gasteiger partial charge in [0.25, 0.3) is 0 Å². The van der Waals surface area contributed by atoms with E-state index >= 15 is 0 Å². The van der Waals surface area contributed by atoms with Gasteiger partial charge in [-0.1, -0.05) is 30.3 Å². The maximum atomic E-state index is 13.6. The van der Waals surface area contributed by atoms with Crippen LogP contribution in [0.1, 0.15) is 12.0 Å². The number of aromatic amines is 1. The Morgan fingerprint density at radius 2 is 1.78 bits per heavy atom. The van der Waals surface area contributed by atoms with E-state index in [9.17, 15) is 14.0 Å². The number of carbonyl (C=O) groups is 2. The normalized spacial score (nSPS) is 18.3. The van der Waals surface area contributed by atoms with Crippen LogP contribution in [0.2, 0.25) is 0 Å². The van der Waals surface area contributed by atoms with Crippen LogP contribution in [-0.4, -0.2) is 23.3 Å². The number of benzene rings is 2. The number of aromatic nitrogens is 1. The second kappa shape index (κ2) is 7.23. The zero-order valence-corrected chi connectivity index (χ0v) is 14.7. The van der Waals surface area contributed by atoms with E-state index in [1.807, 2.05) is 30.5 Å². The largest absolute Gasteiger partial charge is 0.361 e. The smallest absolute Gasteiger partial charge is 0.228 e. The van der Waals surface area contributed by atoms with Gasteiger partial charge in [0.05, 0.1) is 17.5 Å². The molecule has 4 rings (SSSR count). The van der Waals surface area contributed by atoms with Crippen molar-refractivity contribution >= 4 is 28.4 Å². The number of hydrogen-bond acceptors (Lipinski definition) is 2. The van der Waals surface area contributed by atoms with Crippen molar-refractivity contribution in [3.8, 4) is 0 Å². The molecule has 3 aromatic rings. The van der Waals surface area contributed by atoms with E-state index in [-0.39, 0.29) is 23.4 Å². The lowest BCUT2D eigenvalue weighted by Crippen LogP contribution is -2.29. The molecule has 138 valence electrons. The summed E-state index contributed by atoms with van der Waals surface area (Å²) in [5.41, 5.74) is 2.37. The highest BCUT2D eigenvalue weighted by Gasteiger charge is 2.48. The molecule has 1 saturated carbocycles. The molecule has 1 aliphatic carbocycles. The highest BCUT2D eigenvalue weighted by Crippen LogP contribution is 2.39. The van der Waals surface area contributed by atoms with Crippen molar-refractivity contribution in [2.45, 2.75) is 12.8 Å². The topological polar surface area (TPSA) is 74.0 Å². The van der Waals surface area contributed by atoms with Crippen LogP contribution < -0.4 is 10.6 Å². The van der Waals surface area contributed by atoms with Gasteiger partial charge in [0.1, 0.15) is 5.82 Å². The second-order valence-electron chi connectivity index (χ2n) is 6.82. The standard InChI is InChI=1S/C21H20FN3O2/c22-17-6-2-4-8-19(17)25-21(27)16-11-15(16)20(26)23-10-9-13-12-24-18-7-3-1-5-14(13)18/h1-8,12,15-16,24H,9-11H2,(H,23,26)(H,25,27). The fraction of sp³-hybridized carbons (Fsp3) is 0.238. The molecule has 0 spiro atoms. The highest BCUT2D eigenvalue weighted by atomic mass is 19.1. The third-order valence-electron chi connectivity index (χ3n) is 4.96. The second-order valence-corrected chi connectivity index (χ2v) is 6.82. The number of fused-ring (bicyclic) bond motifs is 1. The first-order valence-electron chi connectivity index (χ1n) is 9.01. The summed E-state index contributed by atoms with van der Waals surface area (Å²) in [4.78, 5) is 27.7. The number of halogens is 1. The molecular formula is C21H20FN3O2. The number of anilines is 1. The van der Waals surface area contributed by atoms with Gasteiger partial charge in [-0.05, 0) is 36.6 Å². The Hall–Kier alpha value is -3.15. The van der Waals surface area contributed by atoms with Crippen LogP contribution >= 0.6 is 0 Å². The van der Waals surface area contributed by atoms with Crippen LogP contribution in [0.5, 0.6) is 0 Å². The molecule has 2 unspecified atom stereocenters. The van der Waals surface area contributed by atoms with Crippen molar-refractivity contribution in [2.24, 2.45) is 11.8 Å². The highest BCUT2D eigenvalue weighted by molar-refractivity contribution is 5.99. The average molecular weight is 365 g/mol. The van der Waals surface area contributed by atoms with E-state index in [2.05, 4.69) is 15.6 Å². The first-order chi connectivity index (χ1) is 13.1. The summed E-state index contributed by atoms with van der Waals surface area (Å²) >= 11 is 0. The predicted molar refractivity (Wildman–Crippen MR) is 102 cm³/mol. The van der Waals surface area contributed by atoms with Gasteiger partial charge in [-0.2, -0.15) is 0 Å². The van der Waals surface area contributed by atoms with E-state index in [0.717, 1.165) is 16.5 Å². The van der Waals surface area contributed by atoms with Gasteiger partial charge >= 0.3 is 0 Å². The zero-order chi connectivity index (χ0) is 18.8. The van der Waals surface area contributed by atoms with Crippen LogP contribution in [0.25, 0.3) is 10.9 Å². The summed E-state index contributed by atoms with van der Waals surface area (Å²) in [5.74, 6) is -1.64. The van der Waals surface area contributed by atoms with E-state index in [1.165, 1.54) is 12.1 Å². The van der Waals surface area contributed by atoms with Gasteiger partial charge in [0.15, 0.2) is 0 Å². The van der Waals surface area contributed by atoms with E-state index in [1.54, 1.807) is 12.1 Å². The van der Waals surface area contributed by atoms with Crippen LogP contribution in [0, 0.1) is 17.7 Å². The van der Waals surface area contributed by atoms with E-state index < -0.39 is 11.7 Å². The first kappa shape index (κ1) is 17.3. The van der Waals surface area contributed by atoms with Gasteiger partial charge in [-0.15, -0.1) is 0 Å². The minimum absolute atomic E-state index is 0.122. The van der Waals surface area contributed by atoms with Gasteiger partial charge in [-0.3, -0.25) is 9.59 Å². The summed E-state index contributed by atoms with van der Waals surface area (Å²) in [5, 5.41) is 6.61. The lowest BCUT2D eigenvalue weighted by atomic mass is 10.1. The Morgan fingerprint density at radius 1 is 1.04 bits per heavy atom. The van der Waals surface area contributed by atoms with Crippen molar-refractivity contribution in [1.82, 2.24) is 10.3 Å². The number of para-hydroxylation sites is 2. The molecule has 27 heavy (non-hydrogen) atoms. The molecule has 0 aliphatic heterocycles. The summed E-state index contributed by atoms with van der Waals surface area (Å²) in [6, 6.07) is 14.0. The summed E-state index contributed by atoms with van der Waals surface area (Å²) in [6.07, 6.45) is 3.17. The molecule has 1 aliphatic rings. The molecule has 5 nitrogen and oxygen atoms in total.